The summed E-state index contributed by atoms with van der Waals surface area (Å²) in [6, 6.07) is 10.2. The molecule has 18 heavy (non-hydrogen) atoms. The van der Waals surface area contributed by atoms with E-state index in [0.29, 0.717) is 6.54 Å². The van der Waals surface area contributed by atoms with Crippen molar-refractivity contribution in [2.75, 3.05) is 13.1 Å². The minimum absolute atomic E-state index is 0.221. The molecule has 0 saturated carbocycles. The van der Waals surface area contributed by atoms with Crippen LogP contribution in [0.25, 0.3) is 0 Å². The summed E-state index contributed by atoms with van der Waals surface area (Å²) < 4.78 is 0. The molecular formula is C15H23NO2. The maximum atomic E-state index is 10.7. The Morgan fingerprint density at radius 1 is 1.17 bits per heavy atom. The fraction of sp³-hybridized carbons (Fsp3) is 0.533. The van der Waals surface area contributed by atoms with Crippen molar-refractivity contribution in [3.05, 3.63) is 35.9 Å². The van der Waals surface area contributed by atoms with Crippen molar-refractivity contribution >= 4 is 5.97 Å². The predicted molar refractivity (Wildman–Crippen MR) is 73.5 cm³/mol. The Kier molecular flexibility index (Phi) is 7.11. The van der Waals surface area contributed by atoms with Gasteiger partial charge in [0.15, 0.2) is 0 Å². The monoisotopic (exact) mass is 249 g/mol. The van der Waals surface area contributed by atoms with Crippen molar-refractivity contribution in [3.8, 4) is 0 Å². The Morgan fingerprint density at radius 2 is 1.89 bits per heavy atom. The van der Waals surface area contributed by atoms with Crippen molar-refractivity contribution in [2.24, 2.45) is 0 Å². The molecule has 0 bridgehead atoms. The van der Waals surface area contributed by atoms with E-state index in [1.807, 2.05) is 18.2 Å². The van der Waals surface area contributed by atoms with Crippen LogP contribution >= 0.6 is 0 Å². The first-order chi connectivity index (χ1) is 8.72. The Labute approximate surface area is 109 Å². The Hall–Kier alpha value is -1.35. The molecule has 0 aromatic heterocycles. The number of carboxylic acid groups (broad SMARTS) is 1. The minimum Gasteiger partial charge on any atom is -0.481 e. The molecule has 0 aliphatic carbocycles. The number of unbranched alkanes of at least 4 members (excludes halogenated alkanes) is 2. The van der Waals surface area contributed by atoms with Gasteiger partial charge in [0.05, 0.1) is 6.42 Å². The van der Waals surface area contributed by atoms with Crippen molar-refractivity contribution in [3.63, 3.8) is 0 Å². The molecule has 1 rings (SSSR count). The minimum atomic E-state index is -0.719. The zero-order chi connectivity index (χ0) is 13.2. The summed E-state index contributed by atoms with van der Waals surface area (Å²) in [5, 5.41) is 8.77. The highest BCUT2D eigenvalue weighted by molar-refractivity contribution is 5.66. The summed E-state index contributed by atoms with van der Waals surface area (Å²) >= 11 is 0. The van der Waals surface area contributed by atoms with Crippen molar-refractivity contribution in [1.29, 1.82) is 0 Å². The number of benzene rings is 1. The van der Waals surface area contributed by atoms with Crippen LogP contribution in [0.15, 0.2) is 30.3 Å². The summed E-state index contributed by atoms with van der Waals surface area (Å²) in [6.07, 6.45) is 3.76. The lowest BCUT2D eigenvalue weighted by molar-refractivity contribution is -0.137. The Balaban J connectivity index is 2.45. The number of hydrogen-bond acceptors (Lipinski definition) is 2. The fourth-order valence-corrected chi connectivity index (χ4v) is 1.95. The van der Waals surface area contributed by atoms with Gasteiger partial charge in [-0.2, -0.15) is 0 Å². The third kappa shape index (κ3) is 6.40. The quantitative estimate of drug-likeness (QED) is 0.683. The molecule has 0 atom stereocenters. The molecule has 3 nitrogen and oxygen atoms in total. The summed E-state index contributed by atoms with van der Waals surface area (Å²) in [5.74, 6) is -0.719. The van der Waals surface area contributed by atoms with Gasteiger partial charge >= 0.3 is 5.97 Å². The van der Waals surface area contributed by atoms with Gasteiger partial charge in [-0.3, -0.25) is 9.69 Å². The molecule has 1 aromatic rings. The Bertz CT molecular complexity index is 338. The van der Waals surface area contributed by atoms with Gasteiger partial charge in [0.1, 0.15) is 0 Å². The third-order valence-corrected chi connectivity index (χ3v) is 2.97. The first-order valence-electron chi connectivity index (χ1n) is 6.70. The molecule has 0 spiro atoms. The zero-order valence-corrected chi connectivity index (χ0v) is 11.1. The molecule has 0 aliphatic heterocycles. The van der Waals surface area contributed by atoms with Crippen LogP contribution < -0.4 is 0 Å². The molecule has 1 aromatic carbocycles. The van der Waals surface area contributed by atoms with Crippen LogP contribution in [0.5, 0.6) is 0 Å². The second kappa shape index (κ2) is 8.70. The van der Waals surface area contributed by atoms with Gasteiger partial charge in [-0.15, -0.1) is 0 Å². The summed E-state index contributed by atoms with van der Waals surface area (Å²) in [7, 11) is 0. The highest BCUT2D eigenvalue weighted by Crippen LogP contribution is 2.07. The number of carboxylic acids is 1. The maximum Gasteiger partial charge on any atom is 0.304 e. The lowest BCUT2D eigenvalue weighted by Gasteiger charge is -2.21. The first kappa shape index (κ1) is 14.7. The molecule has 0 amide bonds. The van der Waals surface area contributed by atoms with Gasteiger partial charge in [-0.25, -0.2) is 0 Å². The number of carbonyl (C=O) groups is 1. The predicted octanol–water partition coefficient (Wildman–Crippen LogP) is 3.15. The molecule has 0 saturated heterocycles. The van der Waals surface area contributed by atoms with Crippen LogP contribution in [0.2, 0.25) is 0 Å². The molecule has 0 heterocycles. The van der Waals surface area contributed by atoms with E-state index in [1.54, 1.807) is 0 Å². The lowest BCUT2D eigenvalue weighted by atomic mass is 10.2. The molecule has 0 aliphatic rings. The molecule has 0 fully saturated rings. The van der Waals surface area contributed by atoms with Crippen LogP contribution in [0.1, 0.15) is 38.2 Å². The molecule has 1 N–H and O–H groups in total. The molecule has 0 radical (unpaired) electrons. The van der Waals surface area contributed by atoms with E-state index >= 15 is 0 Å². The third-order valence-electron chi connectivity index (χ3n) is 2.97. The van der Waals surface area contributed by atoms with Crippen molar-refractivity contribution < 1.29 is 9.90 Å². The highest BCUT2D eigenvalue weighted by atomic mass is 16.4. The summed E-state index contributed by atoms with van der Waals surface area (Å²) in [6.45, 7) is 4.64. The van der Waals surface area contributed by atoms with E-state index in [4.69, 9.17) is 5.11 Å². The van der Waals surface area contributed by atoms with E-state index in [2.05, 4.69) is 24.0 Å². The fourth-order valence-electron chi connectivity index (χ4n) is 1.95. The van der Waals surface area contributed by atoms with Gasteiger partial charge in [0.2, 0.25) is 0 Å². The van der Waals surface area contributed by atoms with Crippen LogP contribution in [0.3, 0.4) is 0 Å². The van der Waals surface area contributed by atoms with E-state index in [0.717, 1.165) is 19.5 Å². The van der Waals surface area contributed by atoms with E-state index in [1.165, 1.54) is 18.4 Å². The van der Waals surface area contributed by atoms with Gasteiger partial charge in [0, 0.05) is 13.1 Å². The normalized spacial score (nSPS) is 10.8. The van der Waals surface area contributed by atoms with E-state index < -0.39 is 5.97 Å². The summed E-state index contributed by atoms with van der Waals surface area (Å²) in [4.78, 5) is 12.9. The summed E-state index contributed by atoms with van der Waals surface area (Å²) in [5.41, 5.74) is 1.25. The van der Waals surface area contributed by atoms with Crippen molar-refractivity contribution in [1.82, 2.24) is 4.90 Å². The van der Waals surface area contributed by atoms with Gasteiger partial charge in [-0.1, -0.05) is 50.1 Å². The standard InChI is InChI=1S/C15H23NO2/c1-2-3-7-11-16(12-10-15(17)18)13-14-8-5-4-6-9-14/h4-6,8-9H,2-3,7,10-13H2,1H3,(H,17,18). The molecular weight excluding hydrogens is 226 g/mol. The highest BCUT2D eigenvalue weighted by Gasteiger charge is 2.07. The molecule has 100 valence electrons. The van der Waals surface area contributed by atoms with Crippen LogP contribution in [-0.4, -0.2) is 29.1 Å². The second-order valence-electron chi connectivity index (χ2n) is 4.61. The SMILES string of the molecule is CCCCCN(CCC(=O)O)Cc1ccccc1. The van der Waals surface area contributed by atoms with Crippen molar-refractivity contribution in [2.45, 2.75) is 39.2 Å². The number of nitrogens with zero attached hydrogens (tertiary/aromatic N) is 1. The van der Waals surface area contributed by atoms with Crippen LogP contribution in [0, 0.1) is 0 Å². The average Bonchev–Trinajstić information content (AvgIpc) is 2.37. The van der Waals surface area contributed by atoms with Crippen LogP contribution in [-0.2, 0) is 11.3 Å². The largest absolute Gasteiger partial charge is 0.481 e. The van der Waals surface area contributed by atoms with Gasteiger partial charge in [0.25, 0.3) is 0 Å². The molecule has 0 unspecified atom stereocenters. The smallest absolute Gasteiger partial charge is 0.304 e. The maximum absolute atomic E-state index is 10.7. The van der Waals surface area contributed by atoms with Crippen LogP contribution in [0.4, 0.5) is 0 Å². The second-order valence-corrected chi connectivity index (χ2v) is 4.61. The topological polar surface area (TPSA) is 40.5 Å². The number of rotatable bonds is 9. The van der Waals surface area contributed by atoms with E-state index in [9.17, 15) is 4.79 Å². The van der Waals surface area contributed by atoms with Gasteiger partial charge < -0.3 is 5.11 Å². The van der Waals surface area contributed by atoms with Gasteiger partial charge in [-0.05, 0) is 18.5 Å². The lowest BCUT2D eigenvalue weighted by Crippen LogP contribution is -2.27. The first-order valence-corrected chi connectivity index (χ1v) is 6.70. The number of hydrogen-bond donors (Lipinski definition) is 1. The number of aliphatic carboxylic acids is 1. The van der Waals surface area contributed by atoms with E-state index in [-0.39, 0.29) is 6.42 Å². The Morgan fingerprint density at radius 3 is 2.50 bits per heavy atom. The average molecular weight is 249 g/mol. The molecule has 3 heteroatoms. The zero-order valence-electron chi connectivity index (χ0n) is 11.1.